The average molecular weight is 827 g/mol. The Morgan fingerprint density at radius 3 is 2.41 bits per heavy atom. The second-order valence-corrected chi connectivity index (χ2v) is 14.9. The fraction of sp³-hybridized carbons (Fsp3) is 0.488. The van der Waals surface area contributed by atoms with Crippen molar-refractivity contribution in [2.75, 3.05) is 39.4 Å². The Balaban J connectivity index is 1.47. The van der Waals surface area contributed by atoms with E-state index in [-0.39, 0.29) is 83.6 Å². The molecule has 2 heterocycles. The molecule has 6 atom stereocenters. The summed E-state index contributed by atoms with van der Waals surface area (Å²) < 4.78 is 35.1. The lowest BCUT2D eigenvalue weighted by molar-refractivity contribution is -0.320. The zero-order valence-corrected chi connectivity index (χ0v) is 33.6. The fourth-order valence-electron chi connectivity index (χ4n) is 6.95. The number of ether oxygens (including phenoxy) is 6. The Morgan fingerprint density at radius 2 is 1.75 bits per heavy atom. The third kappa shape index (κ3) is 10.1. The lowest BCUT2D eigenvalue weighted by atomic mass is 9.81. The van der Waals surface area contributed by atoms with Crippen LogP contribution in [0.2, 0.25) is 0 Å². The number of hydrogen-bond acceptors (Lipinski definition) is 15. The number of phenols is 2. The van der Waals surface area contributed by atoms with Crippen molar-refractivity contribution >= 4 is 23.6 Å². The van der Waals surface area contributed by atoms with Crippen molar-refractivity contribution in [2.45, 2.75) is 89.1 Å². The quantitative estimate of drug-likeness (QED) is 0.0435. The van der Waals surface area contributed by atoms with Gasteiger partial charge in [0, 0.05) is 37.2 Å². The summed E-state index contributed by atoms with van der Waals surface area (Å²) in [5.41, 5.74) is 4.39. The van der Waals surface area contributed by atoms with Crippen LogP contribution in [-0.2, 0) is 22.3 Å². The van der Waals surface area contributed by atoms with E-state index in [9.17, 15) is 40.2 Å². The van der Waals surface area contributed by atoms with E-state index in [0.29, 0.717) is 18.8 Å². The van der Waals surface area contributed by atoms with Gasteiger partial charge in [0.2, 0.25) is 17.8 Å². The highest BCUT2D eigenvalue weighted by atomic mass is 16.7. The molecule has 1 saturated heterocycles. The molecule has 0 bridgehead atoms. The van der Waals surface area contributed by atoms with Crippen LogP contribution in [0.25, 0.3) is 0 Å². The lowest BCUT2D eigenvalue weighted by Gasteiger charge is -2.48. The topological polar surface area (TPSA) is 273 Å². The van der Waals surface area contributed by atoms with Crippen LogP contribution in [0.3, 0.4) is 0 Å². The Labute approximate surface area is 341 Å². The molecule has 18 heteroatoms. The molecule has 2 aliphatic rings. The highest BCUT2D eigenvalue weighted by Gasteiger charge is 2.56. The number of carbonyl (C=O) groups excluding carboxylic acids is 1. The molecule has 59 heavy (non-hydrogen) atoms. The summed E-state index contributed by atoms with van der Waals surface area (Å²) in [6, 6.07) is 11.7. The number of fused-ring (bicyclic) bond motifs is 1. The summed E-state index contributed by atoms with van der Waals surface area (Å²) in [5, 5.41) is 72.5. The van der Waals surface area contributed by atoms with Gasteiger partial charge < -0.3 is 75.4 Å². The number of aromatic carboxylic acids is 1. The minimum absolute atomic E-state index is 0.000467. The number of guanidine groups is 1. The van der Waals surface area contributed by atoms with E-state index in [1.165, 1.54) is 26.3 Å². The van der Waals surface area contributed by atoms with Gasteiger partial charge in [-0.2, -0.15) is 0 Å². The maximum Gasteiger partial charge on any atom is 0.342 e. The van der Waals surface area contributed by atoms with Gasteiger partial charge >= 0.3 is 11.9 Å². The standard InChI is InChI=1S/C41H54N4O14/c1-21(2)11-12-22(3)45-26-18-28(27(17-25(26)37(51)52)57-20-44-40(42)43-4)58-39-32(48)31(47)36(50)41(59-39)15-13-24-29(38(53)56-19-41)30(46)35(33(49)34(24)54-5)55-16-14-23-9-7-6-8-10-23/h6-10,17-18,21-22,31-32,36,39,45-50H,11-16,19-20H2,1-5H3,(H,51,52)(H3,42,43,44)/t22-,31-,32-,36+,39-,41-/m1/s1. The predicted molar refractivity (Wildman–Crippen MR) is 214 cm³/mol. The van der Waals surface area contributed by atoms with E-state index in [1.807, 2.05) is 37.3 Å². The van der Waals surface area contributed by atoms with E-state index in [4.69, 9.17) is 34.2 Å². The summed E-state index contributed by atoms with van der Waals surface area (Å²) >= 11 is 0. The molecule has 18 nitrogen and oxygen atoms in total. The first kappa shape index (κ1) is 44.4. The Kier molecular flexibility index (Phi) is 14.6. The van der Waals surface area contributed by atoms with Gasteiger partial charge in [-0.1, -0.05) is 44.2 Å². The van der Waals surface area contributed by atoms with Gasteiger partial charge in [-0.05, 0) is 44.1 Å². The zero-order chi connectivity index (χ0) is 43.0. The van der Waals surface area contributed by atoms with Crippen LogP contribution < -0.4 is 35.3 Å². The monoisotopic (exact) mass is 826 g/mol. The van der Waals surface area contributed by atoms with Crippen LogP contribution in [-0.4, -0.2) is 119 Å². The van der Waals surface area contributed by atoms with Crippen LogP contribution in [0.5, 0.6) is 34.5 Å². The number of nitrogens with two attached hydrogens (primary N) is 1. The summed E-state index contributed by atoms with van der Waals surface area (Å²) in [7, 11) is 2.70. The van der Waals surface area contributed by atoms with Crippen molar-refractivity contribution < 1.29 is 68.6 Å². The minimum Gasteiger partial charge on any atom is -0.504 e. The van der Waals surface area contributed by atoms with E-state index < -0.39 is 60.2 Å². The second kappa shape index (κ2) is 19.4. The van der Waals surface area contributed by atoms with Crippen molar-refractivity contribution in [2.24, 2.45) is 16.6 Å². The van der Waals surface area contributed by atoms with E-state index in [0.717, 1.165) is 12.0 Å². The van der Waals surface area contributed by atoms with Gasteiger partial charge in [-0.25, -0.2) is 9.59 Å². The molecule has 3 aromatic carbocycles. The van der Waals surface area contributed by atoms with Crippen LogP contribution in [0, 0.1) is 5.92 Å². The lowest BCUT2D eigenvalue weighted by Crippen LogP contribution is -2.67. The maximum atomic E-state index is 13.7. The van der Waals surface area contributed by atoms with Gasteiger partial charge in [0.05, 0.1) is 25.0 Å². The summed E-state index contributed by atoms with van der Waals surface area (Å²) in [6.45, 7) is 5.10. The van der Waals surface area contributed by atoms with Crippen LogP contribution >= 0.6 is 0 Å². The van der Waals surface area contributed by atoms with Gasteiger partial charge in [0.25, 0.3) is 0 Å². The van der Waals surface area contributed by atoms with Gasteiger partial charge in [-0.3, -0.25) is 4.99 Å². The third-order valence-electron chi connectivity index (χ3n) is 10.3. The maximum absolute atomic E-state index is 13.7. The molecule has 0 saturated carbocycles. The molecule has 0 unspecified atom stereocenters. The molecule has 1 spiro atoms. The number of anilines is 1. The predicted octanol–water partition coefficient (Wildman–Crippen LogP) is 2.89. The summed E-state index contributed by atoms with van der Waals surface area (Å²) in [4.78, 5) is 30.0. The molecule has 0 aliphatic carbocycles. The molecule has 1 fully saturated rings. The summed E-state index contributed by atoms with van der Waals surface area (Å²) in [6.07, 6.45) is -5.87. The zero-order valence-electron chi connectivity index (χ0n) is 33.6. The van der Waals surface area contributed by atoms with Crippen molar-refractivity contribution in [3.05, 3.63) is 64.7 Å². The minimum atomic E-state index is -1.94. The van der Waals surface area contributed by atoms with Crippen LogP contribution in [0.4, 0.5) is 5.69 Å². The summed E-state index contributed by atoms with van der Waals surface area (Å²) in [5.74, 6) is -4.04. The molecule has 5 rings (SSSR count). The Hall–Kier alpha value is -5.69. The van der Waals surface area contributed by atoms with Gasteiger partial charge in [0.1, 0.15) is 36.1 Å². The van der Waals surface area contributed by atoms with Gasteiger partial charge in [-0.15, -0.1) is 0 Å². The highest BCUT2D eigenvalue weighted by molar-refractivity contribution is 5.97. The van der Waals surface area contributed by atoms with Crippen LogP contribution in [0.15, 0.2) is 47.5 Å². The number of aromatic hydroxyl groups is 2. The number of nitrogens with one attached hydrogen (secondary N) is 2. The number of carboxylic acid groups (broad SMARTS) is 1. The Morgan fingerprint density at radius 1 is 1.02 bits per heavy atom. The van der Waals surface area contributed by atoms with Crippen molar-refractivity contribution in [3.63, 3.8) is 0 Å². The van der Waals surface area contributed by atoms with Crippen LogP contribution in [0.1, 0.15) is 71.9 Å². The van der Waals surface area contributed by atoms with Crippen molar-refractivity contribution in [3.8, 4) is 34.5 Å². The number of esters is 1. The second-order valence-electron chi connectivity index (χ2n) is 14.9. The number of aliphatic imine (C=N–C) groups is 1. The number of rotatable bonds is 16. The van der Waals surface area contributed by atoms with E-state index >= 15 is 0 Å². The molecule has 3 aromatic rings. The SMILES string of the molecule is CN=C(N)NCOc1cc(C(=O)O)c(N[C@H](C)CCC(C)C)cc1O[C@@H]1O[C@@]2(CCc3c(OC)c(O)c(OCCc4ccccc4)c(O)c3C(=O)OC2)[C@@H](O)[C@H](O)[C@H]1O. The number of phenolic OH excluding ortho intramolecular Hbond substituents is 2. The molecule has 10 N–H and O–H groups in total. The first-order chi connectivity index (χ1) is 28.1. The smallest absolute Gasteiger partial charge is 0.342 e. The fourth-order valence-corrected chi connectivity index (χ4v) is 6.95. The molecule has 0 amide bonds. The van der Waals surface area contributed by atoms with Crippen molar-refractivity contribution in [1.29, 1.82) is 0 Å². The van der Waals surface area contributed by atoms with E-state index in [2.05, 4.69) is 29.5 Å². The largest absolute Gasteiger partial charge is 0.504 e. The van der Waals surface area contributed by atoms with Gasteiger partial charge in [0.15, 0.2) is 35.7 Å². The number of methoxy groups -OCH3 is 1. The molecular weight excluding hydrogens is 772 g/mol. The number of aliphatic hydroxyl groups is 3. The number of nitrogens with zero attached hydrogens (tertiary/aromatic N) is 1. The molecular formula is C41H54N4O14. The van der Waals surface area contributed by atoms with Crippen molar-refractivity contribution in [1.82, 2.24) is 5.32 Å². The number of hydrogen-bond donors (Lipinski definition) is 9. The first-order valence-corrected chi connectivity index (χ1v) is 19.2. The number of aliphatic hydroxyl groups excluding tert-OH is 3. The number of carbonyl (C=O) groups is 2. The molecule has 0 radical (unpaired) electrons. The molecule has 0 aromatic heterocycles. The van der Waals surface area contributed by atoms with E-state index in [1.54, 1.807) is 0 Å². The number of carboxylic acids is 1. The highest BCUT2D eigenvalue weighted by Crippen LogP contribution is 2.51. The molecule has 322 valence electrons. The number of cyclic esters (lactones) is 1. The third-order valence-corrected chi connectivity index (χ3v) is 10.3. The first-order valence-electron chi connectivity index (χ1n) is 19.2. The number of benzene rings is 3. The Bertz CT molecular complexity index is 1980. The normalized spacial score (nSPS) is 22.4. The molecule has 2 aliphatic heterocycles. The average Bonchev–Trinajstić information content (AvgIpc) is 3.20.